The van der Waals surface area contributed by atoms with Crippen molar-refractivity contribution in [3.63, 3.8) is 0 Å². The summed E-state index contributed by atoms with van der Waals surface area (Å²) in [5, 5.41) is 35.2. The van der Waals surface area contributed by atoms with E-state index in [2.05, 4.69) is 0 Å². The van der Waals surface area contributed by atoms with Crippen LogP contribution in [-0.4, -0.2) is 22.3 Å². The van der Waals surface area contributed by atoms with Gasteiger partial charge in [0, 0.05) is 5.95 Å². The van der Waals surface area contributed by atoms with Crippen LogP contribution < -0.4 is 10.2 Å². The van der Waals surface area contributed by atoms with Gasteiger partial charge in [-0.25, -0.2) is 0 Å². The van der Waals surface area contributed by atoms with Gasteiger partial charge < -0.3 is 25.2 Å². The van der Waals surface area contributed by atoms with Crippen LogP contribution in [0.1, 0.15) is 0 Å². The fourth-order valence-electron chi connectivity index (χ4n) is 0.203. The number of rotatable bonds is 2. The molecule has 0 heterocycles. The van der Waals surface area contributed by atoms with Crippen LogP contribution in [0.3, 0.4) is 0 Å². The van der Waals surface area contributed by atoms with Crippen LogP contribution in [0.25, 0.3) is 0 Å². The first-order chi connectivity index (χ1) is 4.04. The minimum atomic E-state index is -2.03. The van der Waals surface area contributed by atoms with Crippen LogP contribution >= 0.6 is 0 Å². The van der Waals surface area contributed by atoms with Gasteiger partial charge in [-0.05, 0) is 6.08 Å². The number of hydrogen-bond acceptors (Lipinski definition) is 5. The summed E-state index contributed by atoms with van der Waals surface area (Å²) in [6, 6.07) is 0. The van der Waals surface area contributed by atoms with Crippen molar-refractivity contribution in [2.24, 2.45) is 0 Å². The highest BCUT2D eigenvalue weighted by Crippen LogP contribution is 1.83. The lowest BCUT2D eigenvalue weighted by Crippen LogP contribution is -2.34. The Morgan fingerprint density at radius 3 is 2.11 bits per heavy atom. The summed E-state index contributed by atoms with van der Waals surface area (Å²) in [6.45, 7) is 0. The molecule has 0 saturated carbocycles. The first kappa shape index (κ1) is 7.77. The Morgan fingerprint density at radius 2 is 2.00 bits per heavy atom. The van der Waals surface area contributed by atoms with Gasteiger partial charge in [-0.3, -0.25) is 0 Å². The van der Waals surface area contributed by atoms with Crippen molar-refractivity contribution in [2.45, 2.75) is 6.10 Å². The predicted octanol–water partition coefficient (Wildman–Crippen LogP) is -3.14. The largest absolute Gasteiger partial charge is 0.629 e. The molecule has 0 bridgehead atoms. The SMILES string of the molecule is O=C([O-])C(O)C=C([O-])O. The Bertz CT molecular complexity index is 134. The second-order valence-electron chi connectivity index (χ2n) is 1.27. The van der Waals surface area contributed by atoms with E-state index in [0.29, 0.717) is 0 Å². The van der Waals surface area contributed by atoms with Crippen molar-refractivity contribution < 1.29 is 25.2 Å². The molecule has 0 aromatic heterocycles. The number of aliphatic hydroxyl groups excluding tert-OH is 2. The molecule has 0 aliphatic carbocycles. The van der Waals surface area contributed by atoms with E-state index in [1.165, 1.54) is 0 Å². The maximum absolute atomic E-state index is 9.61. The van der Waals surface area contributed by atoms with Gasteiger partial charge in [0.25, 0.3) is 0 Å². The average Bonchev–Trinajstić information content (AvgIpc) is 1.63. The number of hydrogen-bond donors (Lipinski definition) is 2. The summed E-state index contributed by atoms with van der Waals surface area (Å²) >= 11 is 0. The molecule has 2 N–H and O–H groups in total. The minimum Gasteiger partial charge on any atom is -0.629 e. The zero-order valence-corrected chi connectivity index (χ0v) is 4.27. The van der Waals surface area contributed by atoms with Gasteiger partial charge in [0.15, 0.2) is 0 Å². The number of aliphatic carboxylic acids is 1. The molecule has 0 radical (unpaired) electrons. The lowest BCUT2D eigenvalue weighted by molar-refractivity contribution is -0.350. The highest BCUT2D eigenvalue weighted by atomic mass is 16.5. The van der Waals surface area contributed by atoms with Crippen LogP contribution in [0.2, 0.25) is 0 Å². The zero-order chi connectivity index (χ0) is 7.44. The van der Waals surface area contributed by atoms with Gasteiger partial charge in [0.1, 0.15) is 6.10 Å². The Balaban J connectivity index is 3.91. The van der Waals surface area contributed by atoms with Gasteiger partial charge in [-0.1, -0.05) is 0 Å². The molecule has 0 fully saturated rings. The van der Waals surface area contributed by atoms with E-state index >= 15 is 0 Å². The van der Waals surface area contributed by atoms with Crippen LogP contribution in [-0.2, 0) is 4.79 Å². The molecule has 5 heteroatoms. The van der Waals surface area contributed by atoms with Crippen LogP contribution in [0.15, 0.2) is 12.0 Å². The van der Waals surface area contributed by atoms with E-state index in [9.17, 15) is 15.0 Å². The first-order valence-electron chi connectivity index (χ1n) is 2.00. The molecule has 1 atom stereocenters. The smallest absolute Gasteiger partial charge is 0.113 e. The second kappa shape index (κ2) is 2.93. The predicted molar refractivity (Wildman–Crippen MR) is 21.7 cm³/mol. The van der Waals surface area contributed by atoms with Crippen molar-refractivity contribution in [2.75, 3.05) is 0 Å². The standard InChI is InChI=1S/C4H6O5/c5-2(4(8)9)1-3(6)7/h1-2,5-7H,(H,8,9)/p-2. The van der Waals surface area contributed by atoms with E-state index < -0.39 is 18.0 Å². The van der Waals surface area contributed by atoms with Gasteiger partial charge in [-0.2, -0.15) is 0 Å². The Morgan fingerprint density at radius 1 is 1.56 bits per heavy atom. The monoisotopic (exact) mass is 132 g/mol. The summed E-state index contributed by atoms with van der Waals surface area (Å²) in [5.74, 6) is -3.32. The molecule has 0 rings (SSSR count). The third-order valence-electron chi connectivity index (χ3n) is 0.542. The quantitative estimate of drug-likeness (QED) is 0.386. The molecule has 1 unspecified atom stereocenters. The molecular weight excluding hydrogens is 128 g/mol. The highest BCUT2D eigenvalue weighted by Gasteiger charge is 1.96. The number of carboxylic acid groups (broad SMARTS) is 1. The lowest BCUT2D eigenvalue weighted by atomic mass is 10.3. The molecule has 0 aliphatic rings. The van der Waals surface area contributed by atoms with Crippen LogP contribution in [0.4, 0.5) is 0 Å². The van der Waals surface area contributed by atoms with Crippen molar-refractivity contribution in [3.8, 4) is 0 Å². The topological polar surface area (TPSA) is 104 Å². The van der Waals surface area contributed by atoms with E-state index in [1.807, 2.05) is 0 Å². The van der Waals surface area contributed by atoms with E-state index in [4.69, 9.17) is 10.2 Å². The summed E-state index contributed by atoms with van der Waals surface area (Å²) in [7, 11) is 0. The van der Waals surface area contributed by atoms with Crippen molar-refractivity contribution in [1.82, 2.24) is 0 Å². The third kappa shape index (κ3) is 3.36. The fraction of sp³-hybridized carbons (Fsp3) is 0.250. The Labute approximate surface area is 50.5 Å². The molecule has 5 nitrogen and oxygen atoms in total. The third-order valence-corrected chi connectivity index (χ3v) is 0.542. The molecule has 0 spiro atoms. The minimum absolute atomic E-state index is 0.218. The molecule has 0 aliphatic heterocycles. The molecule has 0 aromatic carbocycles. The number of carbonyl (C=O) groups is 1. The average molecular weight is 132 g/mol. The molecule has 0 amide bonds. The van der Waals surface area contributed by atoms with Gasteiger partial charge in [-0.15, -0.1) is 0 Å². The second-order valence-corrected chi connectivity index (χ2v) is 1.27. The molecule has 0 aromatic rings. The Kier molecular flexibility index (Phi) is 2.53. The van der Waals surface area contributed by atoms with Crippen molar-refractivity contribution >= 4 is 5.97 Å². The van der Waals surface area contributed by atoms with E-state index in [-0.39, 0.29) is 6.08 Å². The van der Waals surface area contributed by atoms with E-state index in [1.54, 1.807) is 0 Å². The highest BCUT2D eigenvalue weighted by molar-refractivity contribution is 5.71. The number of carboxylic acids is 1. The van der Waals surface area contributed by atoms with E-state index in [0.717, 1.165) is 0 Å². The van der Waals surface area contributed by atoms with Crippen molar-refractivity contribution in [3.05, 3.63) is 12.0 Å². The molecule has 9 heavy (non-hydrogen) atoms. The number of aliphatic hydroxyl groups is 2. The van der Waals surface area contributed by atoms with Crippen LogP contribution in [0, 0.1) is 0 Å². The maximum Gasteiger partial charge on any atom is 0.113 e. The summed E-state index contributed by atoms with van der Waals surface area (Å²) < 4.78 is 0. The first-order valence-corrected chi connectivity index (χ1v) is 2.00. The van der Waals surface area contributed by atoms with Crippen LogP contribution in [0.5, 0.6) is 0 Å². The summed E-state index contributed by atoms with van der Waals surface area (Å²) in [6.07, 6.45) is -1.81. The van der Waals surface area contributed by atoms with Gasteiger partial charge in [0.2, 0.25) is 0 Å². The molecular formula is C4H4O5-2. The molecule has 52 valence electrons. The van der Waals surface area contributed by atoms with Crippen molar-refractivity contribution in [1.29, 1.82) is 0 Å². The normalized spacial score (nSPS) is 15.0. The van der Waals surface area contributed by atoms with Gasteiger partial charge in [0.05, 0.1) is 5.97 Å². The maximum atomic E-state index is 9.61. The summed E-state index contributed by atoms with van der Waals surface area (Å²) in [4.78, 5) is 9.58. The number of carbonyl (C=O) groups excluding carboxylic acids is 1. The van der Waals surface area contributed by atoms with Gasteiger partial charge >= 0.3 is 0 Å². The molecule has 0 saturated heterocycles. The lowest BCUT2D eigenvalue weighted by Gasteiger charge is -2.07. The Hall–Kier alpha value is -1.23. The summed E-state index contributed by atoms with van der Waals surface area (Å²) in [5.41, 5.74) is 0. The fourth-order valence-corrected chi connectivity index (χ4v) is 0.203. The zero-order valence-electron chi connectivity index (χ0n) is 4.27.